The molecule has 0 atom stereocenters. The number of nitrogens with zero attached hydrogens (tertiary/aromatic N) is 3. The van der Waals surface area contributed by atoms with Crippen molar-refractivity contribution < 1.29 is 13.3 Å². The first-order valence-electron chi connectivity index (χ1n) is 5.79. The highest BCUT2D eigenvalue weighted by atomic mass is 32.2. The number of anilines is 1. The van der Waals surface area contributed by atoms with E-state index in [1.54, 1.807) is 5.01 Å². The Morgan fingerprint density at radius 2 is 2.00 bits per heavy atom. The summed E-state index contributed by atoms with van der Waals surface area (Å²) in [4.78, 5) is 14.5. The van der Waals surface area contributed by atoms with Gasteiger partial charge in [0, 0.05) is 32.2 Å². The van der Waals surface area contributed by atoms with E-state index >= 15 is 0 Å². The molecular weight excluding hydrogens is 306 g/mol. The van der Waals surface area contributed by atoms with Crippen molar-refractivity contribution in [1.29, 1.82) is 0 Å². The number of hydrogen-bond donors (Lipinski definition) is 2. The first kappa shape index (κ1) is 15.1. The van der Waals surface area contributed by atoms with Crippen molar-refractivity contribution in [3.05, 3.63) is 16.2 Å². The van der Waals surface area contributed by atoms with Crippen LogP contribution in [0.4, 0.5) is 10.7 Å². The first-order chi connectivity index (χ1) is 9.29. The fourth-order valence-corrected chi connectivity index (χ4v) is 4.09. The molecule has 9 nitrogen and oxygen atoms in total. The van der Waals surface area contributed by atoms with Gasteiger partial charge in [-0.15, -0.1) is 4.83 Å². The molecule has 0 saturated carbocycles. The Balaban J connectivity index is 2.14. The molecular formula is C9H15N5O4S2. The predicted octanol–water partition coefficient (Wildman–Crippen LogP) is -0.321. The molecule has 0 radical (unpaired) electrons. The van der Waals surface area contributed by atoms with Gasteiger partial charge in [-0.3, -0.25) is 10.1 Å². The monoisotopic (exact) mass is 321 g/mol. The number of sulfonamides is 1. The Bertz CT molecular complexity index is 606. The van der Waals surface area contributed by atoms with Gasteiger partial charge >= 0.3 is 5.69 Å². The summed E-state index contributed by atoms with van der Waals surface area (Å²) in [7, 11) is -1.87. The van der Waals surface area contributed by atoms with E-state index in [2.05, 4.69) is 9.73 Å². The predicted molar refractivity (Wildman–Crippen MR) is 74.8 cm³/mol. The van der Waals surface area contributed by atoms with Gasteiger partial charge in [0.15, 0.2) is 5.00 Å². The second-order valence-corrected chi connectivity index (χ2v) is 7.43. The van der Waals surface area contributed by atoms with Gasteiger partial charge in [0.2, 0.25) is 0 Å². The Hall–Kier alpha value is -1.27. The normalized spacial score (nSPS) is 18.2. The van der Waals surface area contributed by atoms with Gasteiger partial charge in [-0.1, -0.05) is 11.3 Å². The van der Waals surface area contributed by atoms with Crippen molar-refractivity contribution in [2.24, 2.45) is 0 Å². The van der Waals surface area contributed by atoms with Crippen LogP contribution in [0.25, 0.3) is 0 Å². The van der Waals surface area contributed by atoms with Crippen LogP contribution in [0.1, 0.15) is 0 Å². The molecule has 20 heavy (non-hydrogen) atoms. The topological polar surface area (TPSA) is 122 Å². The third-order valence-corrected chi connectivity index (χ3v) is 5.73. The van der Waals surface area contributed by atoms with Crippen LogP contribution < -0.4 is 10.6 Å². The molecule has 0 unspecified atom stereocenters. The van der Waals surface area contributed by atoms with Crippen LogP contribution in [0.3, 0.4) is 0 Å². The van der Waals surface area contributed by atoms with E-state index < -0.39 is 14.9 Å². The van der Waals surface area contributed by atoms with Crippen molar-refractivity contribution in [3.63, 3.8) is 0 Å². The van der Waals surface area contributed by atoms with Crippen molar-refractivity contribution in [2.75, 3.05) is 39.0 Å². The number of thiophene rings is 1. The van der Waals surface area contributed by atoms with Crippen LogP contribution in [-0.2, 0) is 10.0 Å². The number of likely N-dealkylation sites (N-methyl/N-ethyl adjacent to an activating group) is 1. The van der Waals surface area contributed by atoms with Gasteiger partial charge in [0.05, 0.1) is 4.92 Å². The Morgan fingerprint density at radius 3 is 2.50 bits per heavy atom. The lowest BCUT2D eigenvalue weighted by molar-refractivity contribution is -0.383. The van der Waals surface area contributed by atoms with E-state index in [4.69, 9.17) is 5.73 Å². The highest BCUT2D eigenvalue weighted by Gasteiger charge is 2.27. The van der Waals surface area contributed by atoms with Crippen molar-refractivity contribution in [1.82, 2.24) is 14.7 Å². The fraction of sp³-hybridized carbons (Fsp3) is 0.556. The average Bonchev–Trinajstić information content (AvgIpc) is 2.75. The number of rotatable bonds is 4. The number of nitrogen functional groups attached to an aromatic ring is 1. The van der Waals surface area contributed by atoms with E-state index in [1.165, 1.54) is 0 Å². The Morgan fingerprint density at radius 1 is 1.40 bits per heavy atom. The molecule has 0 amide bonds. The Kier molecular flexibility index (Phi) is 4.25. The maximum absolute atomic E-state index is 12.1. The maximum Gasteiger partial charge on any atom is 0.304 e. The summed E-state index contributed by atoms with van der Waals surface area (Å²) in [6.07, 6.45) is 0. The zero-order valence-electron chi connectivity index (χ0n) is 10.8. The second-order valence-electron chi connectivity index (χ2n) is 4.46. The Labute approximate surface area is 120 Å². The van der Waals surface area contributed by atoms with Crippen LogP contribution in [0, 0.1) is 10.1 Å². The number of nitrogens with two attached hydrogens (primary N) is 1. The number of hydrazine groups is 1. The maximum atomic E-state index is 12.1. The first-order valence-corrected chi connectivity index (χ1v) is 8.09. The third kappa shape index (κ3) is 3.24. The molecule has 0 bridgehead atoms. The molecule has 1 fully saturated rings. The number of nitrogens with one attached hydrogen (secondary N) is 1. The van der Waals surface area contributed by atoms with Crippen LogP contribution in [0.5, 0.6) is 0 Å². The SMILES string of the molecule is CN1CCN(NS(=O)(=O)c2cc([N+](=O)[O-])c(N)s2)CC1. The van der Waals surface area contributed by atoms with E-state index in [0.29, 0.717) is 24.4 Å². The molecule has 0 aliphatic carbocycles. The standard InChI is InChI=1S/C9H15N5O4S2/c1-12-2-4-13(5-3-12)11-20(17,18)8-6-7(14(15)16)9(10)19-8/h6,11H,2-5,10H2,1H3. The lowest BCUT2D eigenvalue weighted by atomic mass is 10.4. The molecule has 11 heteroatoms. The minimum Gasteiger partial charge on any atom is -0.385 e. The van der Waals surface area contributed by atoms with E-state index in [9.17, 15) is 18.5 Å². The quantitative estimate of drug-likeness (QED) is 0.575. The summed E-state index contributed by atoms with van der Waals surface area (Å²) in [5.74, 6) is 0. The van der Waals surface area contributed by atoms with Crippen molar-refractivity contribution in [3.8, 4) is 0 Å². The fourth-order valence-electron chi connectivity index (χ4n) is 1.76. The van der Waals surface area contributed by atoms with Crippen LogP contribution in [0.15, 0.2) is 10.3 Å². The molecule has 2 rings (SSSR count). The van der Waals surface area contributed by atoms with Gasteiger partial charge in [-0.25, -0.2) is 13.4 Å². The van der Waals surface area contributed by atoms with Crippen molar-refractivity contribution in [2.45, 2.75) is 4.21 Å². The molecule has 1 aromatic rings. The van der Waals surface area contributed by atoms with Gasteiger partial charge < -0.3 is 10.6 Å². The highest BCUT2D eigenvalue weighted by molar-refractivity contribution is 7.91. The average molecular weight is 321 g/mol. The smallest absolute Gasteiger partial charge is 0.304 e. The van der Waals surface area contributed by atoms with Crippen LogP contribution >= 0.6 is 11.3 Å². The molecule has 1 aliphatic heterocycles. The summed E-state index contributed by atoms with van der Waals surface area (Å²) >= 11 is 0.687. The van der Waals surface area contributed by atoms with Gasteiger partial charge in [0.25, 0.3) is 10.0 Å². The minimum absolute atomic E-state index is 0.117. The summed E-state index contributed by atoms with van der Waals surface area (Å²) in [6, 6.07) is 0.985. The molecule has 112 valence electrons. The highest BCUT2D eigenvalue weighted by Crippen LogP contribution is 2.34. The molecule has 1 aliphatic rings. The third-order valence-electron chi connectivity index (χ3n) is 2.93. The number of nitro groups is 1. The zero-order chi connectivity index (χ0) is 14.9. The molecule has 1 aromatic heterocycles. The molecule has 1 saturated heterocycles. The zero-order valence-corrected chi connectivity index (χ0v) is 12.4. The van der Waals surface area contributed by atoms with Gasteiger partial charge in [-0.2, -0.15) is 0 Å². The minimum atomic E-state index is -3.82. The van der Waals surface area contributed by atoms with Crippen molar-refractivity contribution >= 4 is 32.0 Å². The summed E-state index contributed by atoms with van der Waals surface area (Å²) in [5, 5.41) is 12.2. The summed E-state index contributed by atoms with van der Waals surface area (Å²) < 4.78 is 24.1. The number of hydrogen-bond acceptors (Lipinski definition) is 8. The summed E-state index contributed by atoms with van der Waals surface area (Å²) in [6.45, 7) is 2.60. The summed E-state index contributed by atoms with van der Waals surface area (Å²) in [5.41, 5.74) is 5.07. The second kappa shape index (κ2) is 5.61. The van der Waals surface area contributed by atoms with E-state index in [-0.39, 0.29) is 14.9 Å². The molecule has 0 aromatic carbocycles. The van der Waals surface area contributed by atoms with E-state index in [1.807, 2.05) is 7.05 Å². The van der Waals surface area contributed by atoms with Gasteiger partial charge in [-0.05, 0) is 7.05 Å². The largest absolute Gasteiger partial charge is 0.385 e. The molecule has 2 heterocycles. The molecule has 3 N–H and O–H groups in total. The lowest BCUT2D eigenvalue weighted by Crippen LogP contribution is -2.52. The molecule has 0 spiro atoms. The van der Waals surface area contributed by atoms with Crippen LogP contribution in [-0.4, -0.2) is 56.5 Å². The van der Waals surface area contributed by atoms with Gasteiger partial charge in [0.1, 0.15) is 4.21 Å². The lowest BCUT2D eigenvalue weighted by Gasteiger charge is -2.31. The van der Waals surface area contributed by atoms with Crippen LogP contribution in [0.2, 0.25) is 0 Å². The van der Waals surface area contributed by atoms with E-state index in [0.717, 1.165) is 19.2 Å². The number of piperazine rings is 1.